The average Bonchev–Trinajstić information content (AvgIpc) is 3.04. The minimum absolute atomic E-state index is 0.217. The quantitative estimate of drug-likeness (QED) is 0.546. The van der Waals surface area contributed by atoms with Crippen molar-refractivity contribution in [3.8, 4) is 28.3 Å². The highest BCUT2D eigenvalue weighted by Gasteiger charge is 2.13. The van der Waals surface area contributed by atoms with Crippen LogP contribution in [0.3, 0.4) is 0 Å². The van der Waals surface area contributed by atoms with Crippen LogP contribution < -0.4 is 10.5 Å². The number of hydrogen-bond donors (Lipinski definition) is 1. The molecule has 0 saturated heterocycles. The second kappa shape index (κ2) is 7.89. The highest BCUT2D eigenvalue weighted by Crippen LogP contribution is 2.29. The van der Waals surface area contributed by atoms with Crippen LogP contribution in [-0.4, -0.2) is 51.7 Å². The molecule has 148 valence electrons. The first kappa shape index (κ1) is 18.9. The number of ether oxygens (including phenoxy) is 1. The van der Waals surface area contributed by atoms with Crippen molar-refractivity contribution < 1.29 is 4.74 Å². The maximum absolute atomic E-state index is 5.88. The molecule has 2 aromatic carbocycles. The molecule has 2 heterocycles. The third-order valence-electron chi connectivity index (χ3n) is 4.69. The normalized spacial score (nSPS) is 11.3. The third-order valence-corrected chi connectivity index (χ3v) is 4.69. The van der Waals surface area contributed by atoms with Gasteiger partial charge in [-0.15, -0.1) is 5.10 Å². The monoisotopic (exact) mass is 388 g/mol. The number of likely N-dealkylation sites (N-methyl/N-ethyl adjacent to an activating group) is 1. The van der Waals surface area contributed by atoms with Crippen LogP contribution in [0.15, 0.2) is 54.7 Å². The van der Waals surface area contributed by atoms with E-state index >= 15 is 0 Å². The highest BCUT2D eigenvalue weighted by atomic mass is 16.5. The Bertz CT molecular complexity index is 1150. The summed E-state index contributed by atoms with van der Waals surface area (Å²) >= 11 is 0. The maximum atomic E-state index is 5.88. The Hall–Kier alpha value is -3.45. The van der Waals surface area contributed by atoms with Crippen molar-refractivity contribution in [3.05, 3.63) is 60.4 Å². The molecule has 4 aromatic rings. The van der Waals surface area contributed by atoms with Crippen molar-refractivity contribution in [1.82, 2.24) is 24.5 Å². The molecule has 7 heteroatoms. The molecular weight excluding hydrogens is 364 g/mol. The summed E-state index contributed by atoms with van der Waals surface area (Å²) in [5.74, 6) is 1.82. The average molecular weight is 388 g/mol. The van der Waals surface area contributed by atoms with Crippen molar-refractivity contribution in [1.29, 1.82) is 0 Å². The molecule has 4 rings (SSSR count). The van der Waals surface area contributed by atoms with Gasteiger partial charge in [-0.3, -0.25) is 0 Å². The highest BCUT2D eigenvalue weighted by molar-refractivity contribution is 5.73. The zero-order valence-electron chi connectivity index (χ0n) is 16.8. The number of nitrogens with zero attached hydrogens (tertiary/aromatic N) is 5. The molecular formula is C22H24N6O. The summed E-state index contributed by atoms with van der Waals surface area (Å²) in [5, 5.41) is 4.33. The number of benzene rings is 2. The zero-order valence-corrected chi connectivity index (χ0v) is 16.8. The number of fused-ring (bicyclic) bond motifs is 1. The van der Waals surface area contributed by atoms with Crippen LogP contribution in [0, 0.1) is 6.92 Å². The molecule has 0 aliphatic heterocycles. The standard InChI is InChI=1S/C22H24N6O/c1-15-20-14-24-22(23)26-28(20)21(25-15)18-8-4-6-16(12-18)17-7-5-9-19(13-17)29-11-10-27(2)3/h4-9,12-14H,10-11H2,1-3H3,(H2,23,26). The van der Waals surface area contributed by atoms with Crippen LogP contribution in [0.5, 0.6) is 5.75 Å². The Labute approximate surface area is 169 Å². The second-order valence-electron chi connectivity index (χ2n) is 7.19. The molecule has 0 bridgehead atoms. The lowest BCUT2D eigenvalue weighted by atomic mass is 10.0. The topological polar surface area (TPSA) is 81.6 Å². The van der Waals surface area contributed by atoms with Gasteiger partial charge in [0.2, 0.25) is 5.95 Å². The summed E-state index contributed by atoms with van der Waals surface area (Å²) in [4.78, 5) is 10.9. The van der Waals surface area contributed by atoms with Crippen LogP contribution in [0.4, 0.5) is 5.95 Å². The number of rotatable bonds is 6. The van der Waals surface area contributed by atoms with Gasteiger partial charge in [0.15, 0.2) is 5.82 Å². The van der Waals surface area contributed by atoms with E-state index in [1.54, 1.807) is 10.7 Å². The van der Waals surface area contributed by atoms with E-state index in [-0.39, 0.29) is 5.95 Å². The molecule has 2 aromatic heterocycles. The van der Waals surface area contributed by atoms with Crippen molar-refractivity contribution in [2.75, 3.05) is 33.0 Å². The summed E-state index contributed by atoms with van der Waals surface area (Å²) in [6, 6.07) is 16.3. The second-order valence-corrected chi connectivity index (χ2v) is 7.19. The fourth-order valence-corrected chi connectivity index (χ4v) is 3.17. The number of aromatic nitrogens is 4. The van der Waals surface area contributed by atoms with E-state index in [9.17, 15) is 0 Å². The lowest BCUT2D eigenvalue weighted by molar-refractivity contribution is 0.261. The van der Waals surface area contributed by atoms with Gasteiger partial charge in [-0.05, 0) is 50.3 Å². The van der Waals surface area contributed by atoms with Crippen LogP contribution in [-0.2, 0) is 0 Å². The minimum atomic E-state index is 0.217. The molecule has 29 heavy (non-hydrogen) atoms. The van der Waals surface area contributed by atoms with Gasteiger partial charge in [0.25, 0.3) is 0 Å². The Morgan fingerprint density at radius 1 is 1.03 bits per heavy atom. The van der Waals surface area contributed by atoms with Gasteiger partial charge in [-0.1, -0.05) is 30.3 Å². The molecule has 0 spiro atoms. The van der Waals surface area contributed by atoms with Crippen molar-refractivity contribution >= 4 is 11.5 Å². The van der Waals surface area contributed by atoms with Gasteiger partial charge in [0.1, 0.15) is 17.9 Å². The largest absolute Gasteiger partial charge is 0.492 e. The summed E-state index contributed by atoms with van der Waals surface area (Å²) in [6.45, 7) is 3.46. The van der Waals surface area contributed by atoms with E-state index in [2.05, 4.69) is 44.2 Å². The van der Waals surface area contributed by atoms with Crippen molar-refractivity contribution in [3.63, 3.8) is 0 Å². The SMILES string of the molecule is Cc1nc(-c2cccc(-c3cccc(OCCN(C)C)c3)c2)n2nc(N)ncc12. The van der Waals surface area contributed by atoms with Crippen molar-refractivity contribution in [2.45, 2.75) is 6.92 Å². The number of aryl methyl sites for hydroxylation is 1. The molecule has 0 atom stereocenters. The van der Waals surface area contributed by atoms with Crippen LogP contribution in [0.1, 0.15) is 5.69 Å². The molecule has 2 N–H and O–H groups in total. The molecule has 7 nitrogen and oxygen atoms in total. The Balaban J connectivity index is 1.68. The van der Waals surface area contributed by atoms with Gasteiger partial charge in [-0.25, -0.2) is 14.5 Å². The van der Waals surface area contributed by atoms with Gasteiger partial charge < -0.3 is 15.4 Å². The number of anilines is 1. The molecule has 0 aliphatic rings. The van der Waals surface area contributed by atoms with Gasteiger partial charge in [0, 0.05) is 12.1 Å². The van der Waals surface area contributed by atoms with E-state index in [1.165, 1.54) is 0 Å². The third kappa shape index (κ3) is 4.05. The lowest BCUT2D eigenvalue weighted by Crippen LogP contribution is -2.19. The summed E-state index contributed by atoms with van der Waals surface area (Å²) < 4.78 is 7.63. The van der Waals surface area contributed by atoms with E-state index in [0.717, 1.165) is 46.0 Å². The number of imidazole rings is 1. The summed E-state index contributed by atoms with van der Waals surface area (Å²) in [7, 11) is 4.07. The van der Waals surface area contributed by atoms with Crippen LogP contribution in [0.25, 0.3) is 28.0 Å². The predicted molar refractivity (Wildman–Crippen MR) is 115 cm³/mol. The Kier molecular flexibility index (Phi) is 5.14. The maximum Gasteiger partial charge on any atom is 0.238 e. The van der Waals surface area contributed by atoms with E-state index in [1.807, 2.05) is 45.3 Å². The smallest absolute Gasteiger partial charge is 0.238 e. The first-order valence-electron chi connectivity index (χ1n) is 9.47. The van der Waals surface area contributed by atoms with Crippen LogP contribution in [0.2, 0.25) is 0 Å². The van der Waals surface area contributed by atoms with E-state index < -0.39 is 0 Å². The predicted octanol–water partition coefficient (Wildman–Crippen LogP) is 3.29. The van der Waals surface area contributed by atoms with Gasteiger partial charge >= 0.3 is 0 Å². The van der Waals surface area contributed by atoms with Gasteiger partial charge in [-0.2, -0.15) is 0 Å². The van der Waals surface area contributed by atoms with E-state index in [4.69, 9.17) is 10.5 Å². The minimum Gasteiger partial charge on any atom is -0.492 e. The summed E-state index contributed by atoms with van der Waals surface area (Å²) in [5.41, 5.74) is 10.6. The number of nitrogens with two attached hydrogens (primary N) is 1. The zero-order chi connectivity index (χ0) is 20.4. The lowest BCUT2D eigenvalue weighted by Gasteiger charge is -2.12. The molecule has 0 saturated carbocycles. The molecule has 0 fully saturated rings. The molecule has 0 amide bonds. The Morgan fingerprint density at radius 3 is 2.55 bits per heavy atom. The van der Waals surface area contributed by atoms with E-state index in [0.29, 0.717) is 6.61 Å². The fraction of sp³-hybridized carbons (Fsp3) is 0.227. The Morgan fingerprint density at radius 2 is 1.76 bits per heavy atom. The first-order valence-corrected chi connectivity index (χ1v) is 9.47. The molecule has 0 unspecified atom stereocenters. The van der Waals surface area contributed by atoms with Gasteiger partial charge in [0.05, 0.1) is 11.9 Å². The number of nitrogen functional groups attached to an aromatic ring is 1. The number of hydrogen-bond acceptors (Lipinski definition) is 6. The first-order chi connectivity index (χ1) is 14.0. The fourth-order valence-electron chi connectivity index (χ4n) is 3.17. The summed E-state index contributed by atoms with van der Waals surface area (Å²) in [6.07, 6.45) is 1.70. The van der Waals surface area contributed by atoms with Crippen LogP contribution >= 0.6 is 0 Å². The molecule has 0 aliphatic carbocycles. The van der Waals surface area contributed by atoms with Crippen molar-refractivity contribution in [2.24, 2.45) is 0 Å². The molecule has 0 radical (unpaired) electrons.